The normalized spacial score (nSPS) is 11.2. The Bertz CT molecular complexity index is 229. The van der Waals surface area contributed by atoms with Crippen molar-refractivity contribution in [3.8, 4) is 0 Å². The molecule has 2 nitrogen and oxygen atoms in total. The molecule has 0 atom stereocenters. The van der Waals surface area contributed by atoms with Crippen molar-refractivity contribution in [1.29, 1.82) is 0 Å². The quantitative estimate of drug-likeness (QED) is 0.372. The molecule has 3 heteroatoms. The molecule has 0 aromatic heterocycles. The standard InChI is InChI=1S/C18H37NOS/c1-4-7-8-9-10-11-12-13-14-15-18(20)21-17-16-19(5-2)6-3/h4-17H2,1-3H3. The van der Waals surface area contributed by atoms with Crippen LogP contribution in [-0.2, 0) is 4.79 Å². The highest BCUT2D eigenvalue weighted by Crippen LogP contribution is 2.13. The lowest BCUT2D eigenvalue weighted by Gasteiger charge is -2.16. The third-order valence-corrected chi connectivity index (χ3v) is 4.96. The fraction of sp³-hybridized carbons (Fsp3) is 0.944. The van der Waals surface area contributed by atoms with E-state index in [2.05, 4.69) is 25.7 Å². The van der Waals surface area contributed by atoms with Crippen molar-refractivity contribution < 1.29 is 4.79 Å². The molecular formula is C18H37NOS. The molecule has 0 aliphatic rings. The Hall–Kier alpha value is -0.0200. The minimum atomic E-state index is 0.394. The summed E-state index contributed by atoms with van der Waals surface area (Å²) in [4.78, 5) is 14.1. The van der Waals surface area contributed by atoms with E-state index in [4.69, 9.17) is 0 Å². The van der Waals surface area contributed by atoms with E-state index in [1.807, 2.05) is 0 Å². The maximum atomic E-state index is 11.8. The van der Waals surface area contributed by atoms with Gasteiger partial charge in [-0.25, -0.2) is 0 Å². The number of nitrogens with zero attached hydrogens (tertiary/aromatic N) is 1. The Balaban J connectivity index is 3.26. The van der Waals surface area contributed by atoms with Gasteiger partial charge in [0.05, 0.1) is 0 Å². The zero-order chi connectivity index (χ0) is 15.8. The Morgan fingerprint density at radius 1 is 0.810 bits per heavy atom. The van der Waals surface area contributed by atoms with Gasteiger partial charge in [0.1, 0.15) is 0 Å². The van der Waals surface area contributed by atoms with Gasteiger partial charge in [-0.15, -0.1) is 0 Å². The van der Waals surface area contributed by atoms with E-state index in [0.717, 1.165) is 38.2 Å². The SMILES string of the molecule is CCCCCCCCCCCC(=O)SCCN(CC)CC. The lowest BCUT2D eigenvalue weighted by atomic mass is 10.1. The van der Waals surface area contributed by atoms with Crippen molar-refractivity contribution in [1.82, 2.24) is 4.90 Å². The number of unbranched alkanes of at least 4 members (excludes halogenated alkanes) is 8. The smallest absolute Gasteiger partial charge is 0.188 e. The van der Waals surface area contributed by atoms with E-state index in [1.165, 1.54) is 63.1 Å². The summed E-state index contributed by atoms with van der Waals surface area (Å²) in [5.74, 6) is 0.956. The summed E-state index contributed by atoms with van der Waals surface area (Å²) in [5, 5.41) is 0.394. The second-order valence-corrected chi connectivity index (χ2v) is 6.98. The van der Waals surface area contributed by atoms with Crippen molar-refractivity contribution in [2.75, 3.05) is 25.4 Å². The number of thioether (sulfide) groups is 1. The zero-order valence-electron chi connectivity index (χ0n) is 14.7. The van der Waals surface area contributed by atoms with Gasteiger partial charge in [0.15, 0.2) is 5.12 Å². The first-order chi connectivity index (χ1) is 10.2. The maximum Gasteiger partial charge on any atom is 0.188 e. The average molecular weight is 316 g/mol. The first kappa shape index (κ1) is 21.0. The number of hydrogen-bond acceptors (Lipinski definition) is 3. The van der Waals surface area contributed by atoms with Crippen molar-refractivity contribution in [3.63, 3.8) is 0 Å². The predicted octanol–water partition coefficient (Wildman–Crippen LogP) is 5.51. The Labute approximate surface area is 137 Å². The van der Waals surface area contributed by atoms with Gasteiger partial charge >= 0.3 is 0 Å². The third-order valence-electron chi connectivity index (χ3n) is 4.05. The molecule has 0 rings (SSSR count). The largest absolute Gasteiger partial charge is 0.303 e. The van der Waals surface area contributed by atoms with Gasteiger partial charge < -0.3 is 4.90 Å². The molecule has 0 N–H and O–H groups in total. The Morgan fingerprint density at radius 3 is 1.86 bits per heavy atom. The van der Waals surface area contributed by atoms with Crippen LogP contribution < -0.4 is 0 Å². The fourth-order valence-corrected chi connectivity index (χ4v) is 3.35. The van der Waals surface area contributed by atoms with Crippen LogP contribution in [0.25, 0.3) is 0 Å². The molecule has 0 saturated heterocycles. The highest BCUT2D eigenvalue weighted by atomic mass is 32.2. The van der Waals surface area contributed by atoms with Crippen LogP contribution in [0.4, 0.5) is 0 Å². The van der Waals surface area contributed by atoms with Gasteiger partial charge in [0.2, 0.25) is 0 Å². The second kappa shape index (κ2) is 16.4. The lowest BCUT2D eigenvalue weighted by molar-refractivity contribution is -0.111. The molecule has 0 spiro atoms. The van der Waals surface area contributed by atoms with Crippen LogP contribution in [0.5, 0.6) is 0 Å². The maximum absolute atomic E-state index is 11.8. The van der Waals surface area contributed by atoms with Gasteiger partial charge in [-0.1, -0.05) is 83.9 Å². The van der Waals surface area contributed by atoms with Crippen molar-refractivity contribution in [2.24, 2.45) is 0 Å². The molecule has 0 aromatic carbocycles. The van der Waals surface area contributed by atoms with Crippen molar-refractivity contribution in [2.45, 2.75) is 85.0 Å². The molecular weight excluding hydrogens is 278 g/mol. The number of carbonyl (C=O) groups excluding carboxylic acids is 1. The van der Waals surface area contributed by atoms with Crippen LogP contribution in [0.1, 0.15) is 85.0 Å². The number of hydrogen-bond donors (Lipinski definition) is 0. The summed E-state index contributed by atoms with van der Waals surface area (Å²) in [6, 6.07) is 0. The van der Waals surface area contributed by atoms with Crippen LogP contribution in [0, 0.1) is 0 Å². The number of rotatable bonds is 15. The van der Waals surface area contributed by atoms with Crippen molar-refractivity contribution >= 4 is 16.9 Å². The van der Waals surface area contributed by atoms with Gasteiger partial charge in [-0.3, -0.25) is 4.79 Å². The molecule has 0 bridgehead atoms. The molecule has 0 heterocycles. The fourth-order valence-electron chi connectivity index (χ4n) is 2.48. The van der Waals surface area contributed by atoms with E-state index in [-0.39, 0.29) is 0 Å². The highest BCUT2D eigenvalue weighted by Gasteiger charge is 2.04. The lowest BCUT2D eigenvalue weighted by Crippen LogP contribution is -2.25. The minimum Gasteiger partial charge on any atom is -0.303 e. The van der Waals surface area contributed by atoms with E-state index in [9.17, 15) is 4.79 Å². The molecule has 0 amide bonds. The summed E-state index contributed by atoms with van der Waals surface area (Å²) in [7, 11) is 0. The molecule has 126 valence electrons. The minimum absolute atomic E-state index is 0.394. The Morgan fingerprint density at radius 2 is 1.33 bits per heavy atom. The van der Waals surface area contributed by atoms with Crippen LogP contribution in [-0.4, -0.2) is 35.4 Å². The predicted molar refractivity (Wildman–Crippen MR) is 97.1 cm³/mol. The van der Waals surface area contributed by atoms with E-state index in [1.54, 1.807) is 0 Å². The third kappa shape index (κ3) is 14.7. The summed E-state index contributed by atoms with van der Waals surface area (Å²) in [5.41, 5.74) is 0. The van der Waals surface area contributed by atoms with Gasteiger partial charge in [0, 0.05) is 18.7 Å². The second-order valence-electron chi connectivity index (χ2n) is 5.83. The Kier molecular flexibility index (Phi) is 16.3. The highest BCUT2D eigenvalue weighted by molar-refractivity contribution is 8.13. The van der Waals surface area contributed by atoms with Gasteiger partial charge in [-0.2, -0.15) is 0 Å². The zero-order valence-corrected chi connectivity index (χ0v) is 15.5. The number of carbonyl (C=O) groups is 1. The monoisotopic (exact) mass is 315 g/mol. The molecule has 0 unspecified atom stereocenters. The van der Waals surface area contributed by atoms with Crippen LogP contribution >= 0.6 is 11.8 Å². The first-order valence-electron chi connectivity index (χ1n) is 9.12. The molecule has 0 saturated carbocycles. The first-order valence-corrected chi connectivity index (χ1v) is 10.1. The van der Waals surface area contributed by atoms with Crippen LogP contribution in [0.2, 0.25) is 0 Å². The summed E-state index contributed by atoms with van der Waals surface area (Å²) in [6.45, 7) is 9.84. The summed E-state index contributed by atoms with van der Waals surface area (Å²) in [6.07, 6.45) is 12.7. The molecule has 0 aliphatic carbocycles. The van der Waals surface area contributed by atoms with Crippen LogP contribution in [0.15, 0.2) is 0 Å². The molecule has 21 heavy (non-hydrogen) atoms. The molecule has 0 radical (unpaired) electrons. The summed E-state index contributed by atoms with van der Waals surface area (Å²) < 4.78 is 0. The van der Waals surface area contributed by atoms with Gasteiger partial charge in [0.25, 0.3) is 0 Å². The topological polar surface area (TPSA) is 20.3 Å². The molecule has 0 aliphatic heterocycles. The summed E-state index contributed by atoms with van der Waals surface area (Å²) >= 11 is 1.53. The van der Waals surface area contributed by atoms with Gasteiger partial charge in [-0.05, 0) is 19.5 Å². The molecule has 0 aromatic rings. The van der Waals surface area contributed by atoms with E-state index in [0.29, 0.717) is 5.12 Å². The van der Waals surface area contributed by atoms with Crippen molar-refractivity contribution in [3.05, 3.63) is 0 Å². The van der Waals surface area contributed by atoms with E-state index < -0.39 is 0 Å². The van der Waals surface area contributed by atoms with Crippen LogP contribution in [0.3, 0.4) is 0 Å². The van der Waals surface area contributed by atoms with E-state index >= 15 is 0 Å². The molecule has 0 fully saturated rings. The average Bonchev–Trinajstić information content (AvgIpc) is 2.50.